The van der Waals surface area contributed by atoms with Crippen LogP contribution in [0, 0.1) is 6.92 Å². The first-order chi connectivity index (χ1) is 10.8. The maximum Gasteiger partial charge on any atom is 0.119 e. The van der Waals surface area contributed by atoms with E-state index >= 15 is 0 Å². The van der Waals surface area contributed by atoms with Gasteiger partial charge in [0.1, 0.15) is 5.75 Å². The first kappa shape index (κ1) is 14.4. The Labute approximate surface area is 132 Å². The molecule has 110 valence electrons. The first-order valence-corrected chi connectivity index (χ1v) is 7.66. The van der Waals surface area contributed by atoms with Gasteiger partial charge in [-0.15, -0.1) is 0 Å². The van der Waals surface area contributed by atoms with Gasteiger partial charge in [-0.2, -0.15) is 0 Å². The van der Waals surface area contributed by atoms with Crippen LogP contribution in [0.1, 0.15) is 12.5 Å². The minimum atomic E-state index is 0.690. The molecule has 0 unspecified atom stereocenters. The minimum Gasteiger partial charge on any atom is -0.494 e. The molecule has 0 saturated heterocycles. The third kappa shape index (κ3) is 3.20. The zero-order valence-electron chi connectivity index (χ0n) is 13.0. The van der Waals surface area contributed by atoms with Crippen LogP contribution < -0.4 is 4.74 Å². The molecule has 0 N–H and O–H groups in total. The summed E-state index contributed by atoms with van der Waals surface area (Å²) in [7, 11) is 0. The van der Waals surface area contributed by atoms with E-state index in [4.69, 9.17) is 4.74 Å². The maximum atomic E-state index is 5.57. The fourth-order valence-electron chi connectivity index (χ4n) is 2.53. The monoisotopic (exact) mass is 288 g/mol. The average molecular weight is 288 g/mol. The van der Waals surface area contributed by atoms with Crippen molar-refractivity contribution in [3.8, 4) is 28.0 Å². The van der Waals surface area contributed by atoms with Gasteiger partial charge >= 0.3 is 0 Å². The lowest BCUT2D eigenvalue weighted by molar-refractivity contribution is 0.340. The van der Waals surface area contributed by atoms with Crippen LogP contribution in [0.2, 0.25) is 0 Å². The van der Waals surface area contributed by atoms with Crippen molar-refractivity contribution in [2.24, 2.45) is 0 Å². The number of benzene rings is 3. The van der Waals surface area contributed by atoms with Gasteiger partial charge in [-0.05, 0) is 48.2 Å². The average Bonchev–Trinajstić information content (AvgIpc) is 2.56. The van der Waals surface area contributed by atoms with Gasteiger partial charge in [0.2, 0.25) is 0 Å². The van der Waals surface area contributed by atoms with Crippen molar-refractivity contribution in [3.05, 3.63) is 78.4 Å². The smallest absolute Gasteiger partial charge is 0.119 e. The Hall–Kier alpha value is -2.54. The van der Waals surface area contributed by atoms with Crippen LogP contribution in [0.15, 0.2) is 72.8 Å². The Kier molecular flexibility index (Phi) is 4.24. The van der Waals surface area contributed by atoms with Crippen LogP contribution in [0.3, 0.4) is 0 Å². The Balaban J connectivity index is 1.87. The SMILES string of the molecule is CCOc1cccc(-c2ccc(-c3ccc(C)cc3)cc2)c1. The van der Waals surface area contributed by atoms with Gasteiger partial charge in [0.15, 0.2) is 0 Å². The highest BCUT2D eigenvalue weighted by molar-refractivity contribution is 5.71. The summed E-state index contributed by atoms with van der Waals surface area (Å²) >= 11 is 0. The van der Waals surface area contributed by atoms with Gasteiger partial charge in [-0.25, -0.2) is 0 Å². The Bertz CT molecular complexity index is 740. The van der Waals surface area contributed by atoms with Crippen LogP contribution in [-0.2, 0) is 0 Å². The highest BCUT2D eigenvalue weighted by Crippen LogP contribution is 2.27. The summed E-state index contributed by atoms with van der Waals surface area (Å²) in [5.41, 5.74) is 6.16. The Morgan fingerprint density at radius 1 is 0.682 bits per heavy atom. The topological polar surface area (TPSA) is 9.23 Å². The van der Waals surface area contributed by atoms with Crippen molar-refractivity contribution in [3.63, 3.8) is 0 Å². The van der Waals surface area contributed by atoms with Gasteiger partial charge in [0.05, 0.1) is 6.61 Å². The highest BCUT2D eigenvalue weighted by atomic mass is 16.5. The summed E-state index contributed by atoms with van der Waals surface area (Å²) in [5, 5.41) is 0. The molecule has 0 aliphatic rings. The lowest BCUT2D eigenvalue weighted by Gasteiger charge is -2.08. The predicted octanol–water partition coefficient (Wildman–Crippen LogP) is 5.73. The number of rotatable bonds is 4. The molecule has 0 saturated carbocycles. The lowest BCUT2D eigenvalue weighted by atomic mass is 10.00. The van der Waals surface area contributed by atoms with Crippen molar-refractivity contribution in [2.75, 3.05) is 6.61 Å². The third-order valence-corrected chi connectivity index (χ3v) is 3.75. The molecule has 1 heteroatoms. The van der Waals surface area contributed by atoms with E-state index in [1.165, 1.54) is 27.8 Å². The molecule has 0 radical (unpaired) electrons. The second-order valence-corrected chi connectivity index (χ2v) is 5.40. The van der Waals surface area contributed by atoms with Crippen molar-refractivity contribution in [1.29, 1.82) is 0 Å². The molecular weight excluding hydrogens is 268 g/mol. The molecule has 3 aromatic carbocycles. The van der Waals surface area contributed by atoms with Crippen molar-refractivity contribution < 1.29 is 4.74 Å². The molecule has 0 aliphatic heterocycles. The molecule has 0 atom stereocenters. The molecule has 3 rings (SSSR count). The largest absolute Gasteiger partial charge is 0.494 e. The summed E-state index contributed by atoms with van der Waals surface area (Å²) in [6.07, 6.45) is 0. The van der Waals surface area contributed by atoms with Crippen molar-refractivity contribution >= 4 is 0 Å². The molecule has 22 heavy (non-hydrogen) atoms. The molecule has 0 fully saturated rings. The Morgan fingerprint density at radius 3 is 1.82 bits per heavy atom. The Morgan fingerprint density at radius 2 is 1.23 bits per heavy atom. The van der Waals surface area contributed by atoms with E-state index < -0.39 is 0 Å². The molecule has 0 heterocycles. The zero-order valence-corrected chi connectivity index (χ0v) is 13.0. The van der Waals surface area contributed by atoms with Crippen LogP contribution in [0.5, 0.6) is 5.75 Å². The normalized spacial score (nSPS) is 10.5. The standard InChI is InChI=1S/C21H20O/c1-3-22-21-6-4-5-20(15-21)19-13-11-18(12-14-19)17-9-7-16(2)8-10-17/h4-15H,3H2,1-2H3. The van der Waals surface area contributed by atoms with E-state index in [1.54, 1.807) is 0 Å². The number of ether oxygens (including phenoxy) is 1. The van der Waals surface area contributed by atoms with E-state index in [0.29, 0.717) is 6.61 Å². The summed E-state index contributed by atoms with van der Waals surface area (Å²) in [6.45, 7) is 4.80. The molecule has 3 aromatic rings. The molecule has 0 bridgehead atoms. The summed E-state index contributed by atoms with van der Waals surface area (Å²) in [4.78, 5) is 0. The molecular formula is C21H20O. The van der Waals surface area contributed by atoms with E-state index in [2.05, 4.69) is 67.6 Å². The minimum absolute atomic E-state index is 0.690. The molecule has 0 aromatic heterocycles. The van der Waals surface area contributed by atoms with Crippen LogP contribution >= 0.6 is 0 Å². The number of hydrogen-bond acceptors (Lipinski definition) is 1. The summed E-state index contributed by atoms with van der Waals surface area (Å²) in [5.74, 6) is 0.919. The van der Waals surface area contributed by atoms with Crippen LogP contribution in [0.4, 0.5) is 0 Å². The molecule has 0 amide bonds. The van der Waals surface area contributed by atoms with E-state index in [0.717, 1.165) is 5.75 Å². The highest BCUT2D eigenvalue weighted by Gasteiger charge is 2.02. The fourth-order valence-corrected chi connectivity index (χ4v) is 2.53. The van der Waals surface area contributed by atoms with Gasteiger partial charge in [0, 0.05) is 0 Å². The summed E-state index contributed by atoms with van der Waals surface area (Å²) < 4.78 is 5.57. The first-order valence-electron chi connectivity index (χ1n) is 7.66. The number of hydrogen-bond donors (Lipinski definition) is 0. The predicted molar refractivity (Wildman–Crippen MR) is 93.2 cm³/mol. The molecule has 0 spiro atoms. The van der Waals surface area contributed by atoms with Gasteiger partial charge in [-0.1, -0.05) is 66.2 Å². The zero-order chi connectivity index (χ0) is 15.4. The fraction of sp³-hybridized carbons (Fsp3) is 0.143. The molecule has 0 aliphatic carbocycles. The van der Waals surface area contributed by atoms with Gasteiger partial charge < -0.3 is 4.74 Å². The van der Waals surface area contributed by atoms with Crippen LogP contribution in [0.25, 0.3) is 22.3 Å². The van der Waals surface area contributed by atoms with E-state index in [9.17, 15) is 0 Å². The second-order valence-electron chi connectivity index (χ2n) is 5.40. The lowest BCUT2D eigenvalue weighted by Crippen LogP contribution is -1.91. The maximum absolute atomic E-state index is 5.57. The van der Waals surface area contributed by atoms with Gasteiger partial charge in [-0.3, -0.25) is 0 Å². The third-order valence-electron chi connectivity index (χ3n) is 3.75. The van der Waals surface area contributed by atoms with Crippen LogP contribution in [-0.4, -0.2) is 6.61 Å². The molecule has 1 nitrogen and oxygen atoms in total. The second kappa shape index (κ2) is 6.48. The van der Waals surface area contributed by atoms with Gasteiger partial charge in [0.25, 0.3) is 0 Å². The quantitative estimate of drug-likeness (QED) is 0.596. The van der Waals surface area contributed by atoms with Crippen molar-refractivity contribution in [1.82, 2.24) is 0 Å². The van der Waals surface area contributed by atoms with E-state index in [-0.39, 0.29) is 0 Å². The van der Waals surface area contributed by atoms with E-state index in [1.807, 2.05) is 19.1 Å². The number of aryl methyl sites for hydroxylation is 1. The summed E-state index contributed by atoms with van der Waals surface area (Å²) in [6, 6.07) is 25.5. The van der Waals surface area contributed by atoms with Crippen molar-refractivity contribution in [2.45, 2.75) is 13.8 Å².